The van der Waals surface area contributed by atoms with Crippen LogP contribution >= 0.6 is 0 Å². The second kappa shape index (κ2) is 10.7. The Morgan fingerprint density at radius 1 is 0.316 bits per heavy atom. The fraction of sp³-hybridized carbons (Fsp3) is 1.00. The Kier molecular flexibility index (Phi) is 10.2. The van der Waals surface area contributed by atoms with Crippen molar-refractivity contribution in [3.8, 4) is 0 Å². The molecule has 0 atom stereocenters. The molecule has 0 radical (unpaired) electrons. The van der Waals surface area contributed by atoms with Crippen LogP contribution in [0.1, 0.15) is 0 Å². The van der Waals surface area contributed by atoms with Crippen LogP contribution in [-0.4, -0.2) is 84.6 Å². The first-order chi connectivity index (χ1) is 16.3. The molecule has 0 N–H and O–H groups in total. The summed E-state index contributed by atoms with van der Waals surface area (Å²) in [6, 6.07) is 0. The van der Waals surface area contributed by atoms with Gasteiger partial charge in [-0.1, -0.05) is 0 Å². The van der Waals surface area contributed by atoms with Crippen LogP contribution in [0.4, 0.5) is 0 Å². The summed E-state index contributed by atoms with van der Waals surface area (Å²) in [4.78, 5) is 0. The zero-order chi connectivity index (χ0) is 30.1. The van der Waals surface area contributed by atoms with Crippen molar-refractivity contribution in [1.82, 2.24) is 0 Å². The number of hydrogen-bond acceptors (Lipinski definition) is 10. The summed E-state index contributed by atoms with van der Waals surface area (Å²) in [5, 5.41) is 0. The molecule has 0 bridgehead atoms. The van der Waals surface area contributed by atoms with Crippen LogP contribution in [0, 0.1) is 0 Å². The van der Waals surface area contributed by atoms with Gasteiger partial charge >= 0.3 is 69.0 Å². The van der Waals surface area contributed by atoms with E-state index in [0.29, 0.717) is 0 Å². The molecule has 0 saturated carbocycles. The number of rotatable bonds is 5. The highest BCUT2D eigenvalue weighted by atomic mass is 29.3. The molecule has 0 aromatic heterocycles. The Morgan fingerprint density at radius 2 is 0.474 bits per heavy atom. The molecule has 0 aromatic rings. The van der Waals surface area contributed by atoms with Gasteiger partial charge in [0.15, 0.2) is 15.7 Å². The predicted molar refractivity (Wildman–Crippen MR) is 174 cm³/mol. The standard InChI is InChI=1S/C18H54O10Si10/c1-29(2)19-31(5,6)23-37(17,24-32(7,8)20-29)27-35(13,14)36(15,16)28-38(18)25-33(9,10)21-30(3,4)22-34(11,12)26-38/h1-18H3. The van der Waals surface area contributed by atoms with Crippen LogP contribution in [0.25, 0.3) is 0 Å². The van der Waals surface area contributed by atoms with Crippen LogP contribution in [0.2, 0.25) is 118 Å². The molecule has 0 unspecified atom stereocenters. The van der Waals surface area contributed by atoms with Gasteiger partial charge in [0.25, 0.3) is 0 Å². The van der Waals surface area contributed by atoms with Crippen molar-refractivity contribution in [2.24, 2.45) is 0 Å². The molecule has 2 aliphatic rings. The van der Waals surface area contributed by atoms with E-state index in [4.69, 9.17) is 41.2 Å². The minimum absolute atomic E-state index is 1.99. The van der Waals surface area contributed by atoms with Gasteiger partial charge in [0, 0.05) is 13.1 Å². The van der Waals surface area contributed by atoms with Gasteiger partial charge in [0.05, 0.1) is 0 Å². The van der Waals surface area contributed by atoms with Crippen LogP contribution in [0.15, 0.2) is 0 Å². The molecule has 2 heterocycles. The first-order valence-corrected chi connectivity index (χ1v) is 41.5. The zero-order valence-electron chi connectivity index (χ0n) is 27.1. The van der Waals surface area contributed by atoms with E-state index in [-0.39, 0.29) is 0 Å². The summed E-state index contributed by atoms with van der Waals surface area (Å²) >= 11 is 0. The molecular formula is C18H54O10Si10. The molecule has 38 heavy (non-hydrogen) atoms. The molecule has 2 aliphatic heterocycles. The van der Waals surface area contributed by atoms with Gasteiger partial charge < -0.3 is 41.2 Å². The lowest BCUT2D eigenvalue weighted by Gasteiger charge is -2.52. The van der Waals surface area contributed by atoms with E-state index in [2.05, 4.69) is 52.4 Å². The first-order valence-electron chi connectivity index (χ1n) is 13.3. The molecule has 2 saturated heterocycles. The maximum atomic E-state index is 7.06. The van der Waals surface area contributed by atoms with Crippen LogP contribution in [0.3, 0.4) is 0 Å². The third-order valence-corrected chi connectivity index (χ3v) is 56.0. The highest BCUT2D eigenvalue weighted by Crippen LogP contribution is 2.38. The van der Waals surface area contributed by atoms with E-state index in [1.54, 1.807) is 0 Å². The Bertz CT molecular complexity index is 766. The van der Waals surface area contributed by atoms with Gasteiger partial charge in [-0.05, 0) is 105 Å². The lowest BCUT2D eigenvalue weighted by atomic mass is 11.9. The summed E-state index contributed by atoms with van der Waals surface area (Å²) in [6.45, 7) is 37.4. The largest absolute Gasteiger partial charge is 0.469 e. The highest BCUT2D eigenvalue weighted by molar-refractivity contribution is 7.37. The van der Waals surface area contributed by atoms with Crippen LogP contribution in [0.5, 0.6) is 0 Å². The molecule has 20 heteroatoms. The molecule has 2 rings (SSSR count). The second-order valence-corrected chi connectivity index (χ2v) is 55.8. The molecule has 10 nitrogen and oxygen atoms in total. The fourth-order valence-electron chi connectivity index (χ4n) is 5.58. The Hall–Kier alpha value is 1.77. The van der Waals surface area contributed by atoms with Crippen molar-refractivity contribution in [3.63, 3.8) is 0 Å². The Labute approximate surface area is 242 Å². The normalized spacial score (nSPS) is 29.8. The summed E-state index contributed by atoms with van der Waals surface area (Å²) < 4.78 is 67.1. The predicted octanol–water partition coefficient (Wildman–Crippen LogP) is 6.02. The van der Waals surface area contributed by atoms with Gasteiger partial charge in [-0.2, -0.15) is 0 Å². The molecule has 0 amide bonds. The Morgan fingerprint density at radius 3 is 0.658 bits per heavy atom. The Balaban J connectivity index is 2.38. The van der Waals surface area contributed by atoms with Crippen molar-refractivity contribution < 1.29 is 41.2 Å². The average Bonchev–Trinajstić information content (AvgIpc) is 2.40. The van der Waals surface area contributed by atoms with Crippen molar-refractivity contribution in [2.75, 3.05) is 0 Å². The van der Waals surface area contributed by atoms with E-state index in [1.807, 2.05) is 65.5 Å². The topological polar surface area (TPSA) is 92.3 Å². The van der Waals surface area contributed by atoms with Gasteiger partial charge in [0.1, 0.15) is 0 Å². The van der Waals surface area contributed by atoms with Crippen molar-refractivity contribution >= 4 is 84.6 Å². The van der Waals surface area contributed by atoms with Gasteiger partial charge in [0.2, 0.25) is 0 Å². The summed E-state index contributed by atoms with van der Waals surface area (Å²) in [5.41, 5.74) is 0. The van der Waals surface area contributed by atoms with Crippen molar-refractivity contribution in [2.45, 2.75) is 118 Å². The zero-order valence-corrected chi connectivity index (χ0v) is 37.1. The van der Waals surface area contributed by atoms with Gasteiger partial charge in [-0.25, -0.2) is 0 Å². The molecule has 0 spiro atoms. The van der Waals surface area contributed by atoms with Gasteiger partial charge in [-0.15, -0.1) is 0 Å². The third-order valence-electron chi connectivity index (χ3n) is 6.02. The van der Waals surface area contributed by atoms with E-state index < -0.39 is 84.6 Å². The number of hydrogen-bond donors (Lipinski definition) is 0. The van der Waals surface area contributed by atoms with E-state index >= 15 is 0 Å². The van der Waals surface area contributed by atoms with Gasteiger partial charge in [-0.3, -0.25) is 0 Å². The van der Waals surface area contributed by atoms with E-state index in [1.165, 1.54) is 0 Å². The minimum atomic E-state index is -3.16. The molecule has 0 aromatic carbocycles. The van der Waals surface area contributed by atoms with E-state index in [0.717, 1.165) is 0 Å². The monoisotopic (exact) mass is 710 g/mol. The minimum Gasteiger partial charge on any atom is -0.416 e. The second-order valence-electron chi connectivity index (χ2n) is 14.2. The molecule has 0 aliphatic carbocycles. The smallest absolute Gasteiger partial charge is 0.416 e. The first kappa shape index (κ1) is 36.0. The maximum Gasteiger partial charge on any atom is 0.469 e. The summed E-state index contributed by atoms with van der Waals surface area (Å²) in [6.07, 6.45) is 0. The van der Waals surface area contributed by atoms with Crippen molar-refractivity contribution in [3.05, 3.63) is 0 Å². The van der Waals surface area contributed by atoms with Crippen molar-refractivity contribution in [1.29, 1.82) is 0 Å². The van der Waals surface area contributed by atoms with Crippen LogP contribution in [-0.2, 0) is 41.2 Å². The van der Waals surface area contributed by atoms with E-state index in [9.17, 15) is 0 Å². The lowest BCUT2D eigenvalue weighted by molar-refractivity contribution is 0.174. The summed E-state index contributed by atoms with van der Waals surface area (Å²) in [7, 11) is -26.6. The lowest BCUT2D eigenvalue weighted by Crippen LogP contribution is -2.74. The molecule has 2 fully saturated rings. The molecular weight excluding hydrogens is 657 g/mol. The highest BCUT2D eigenvalue weighted by Gasteiger charge is 2.62. The SMILES string of the molecule is C[Si]1(C)O[Si](C)(C)O[Si](C)(O[Si](C)(C)[Si](C)(C)O[Si]2(C)O[Si](C)(C)O[Si](C)(C)O[Si](C)(C)O2)O[Si](C)(C)O1. The average molecular weight is 711 g/mol. The van der Waals surface area contributed by atoms with Crippen LogP contribution < -0.4 is 0 Å². The summed E-state index contributed by atoms with van der Waals surface area (Å²) in [5.74, 6) is 0. The third kappa shape index (κ3) is 10.2. The molecule has 226 valence electrons. The maximum absolute atomic E-state index is 7.06. The fourth-order valence-corrected chi connectivity index (χ4v) is 62.4. The quantitative estimate of drug-likeness (QED) is 0.316.